The lowest BCUT2D eigenvalue weighted by Gasteiger charge is -2.33. The van der Waals surface area contributed by atoms with Gasteiger partial charge in [0.1, 0.15) is 12.6 Å². The van der Waals surface area contributed by atoms with Gasteiger partial charge < -0.3 is 10.2 Å². The van der Waals surface area contributed by atoms with Crippen molar-refractivity contribution in [3.63, 3.8) is 0 Å². The molecule has 0 saturated heterocycles. The summed E-state index contributed by atoms with van der Waals surface area (Å²) in [4.78, 5) is 29.1. The second kappa shape index (κ2) is 14.4. The molecule has 0 fully saturated rings. The van der Waals surface area contributed by atoms with Gasteiger partial charge in [-0.3, -0.25) is 13.9 Å². The summed E-state index contributed by atoms with van der Waals surface area (Å²) < 4.78 is 28.9. The lowest BCUT2D eigenvalue weighted by atomic mass is 10.0. The van der Waals surface area contributed by atoms with Gasteiger partial charge in [0.25, 0.3) is 10.0 Å². The summed E-state index contributed by atoms with van der Waals surface area (Å²) in [6, 6.07) is 29.7. The second-order valence-electron chi connectivity index (χ2n) is 9.55. The highest BCUT2D eigenvalue weighted by Crippen LogP contribution is 2.28. The largest absolute Gasteiger partial charge is 0.355 e. The molecule has 0 aliphatic rings. The number of sulfonamides is 1. The minimum atomic E-state index is -4.24. The molecule has 1 atom stereocenters. The predicted octanol–water partition coefficient (Wildman–Crippen LogP) is 5.96. The van der Waals surface area contributed by atoms with Gasteiger partial charge in [-0.15, -0.1) is 0 Å². The predicted molar refractivity (Wildman–Crippen MR) is 167 cm³/mol. The second-order valence-corrected chi connectivity index (χ2v) is 12.3. The van der Waals surface area contributed by atoms with Gasteiger partial charge >= 0.3 is 0 Å². The lowest BCUT2D eigenvalue weighted by Crippen LogP contribution is -2.53. The number of anilines is 1. The van der Waals surface area contributed by atoms with E-state index < -0.39 is 28.5 Å². The number of rotatable bonds is 12. The summed E-state index contributed by atoms with van der Waals surface area (Å²) in [6.45, 7) is 1.71. The van der Waals surface area contributed by atoms with E-state index in [9.17, 15) is 18.0 Å². The molecule has 1 unspecified atom stereocenters. The first-order chi connectivity index (χ1) is 20.2. The van der Waals surface area contributed by atoms with Gasteiger partial charge in [-0.1, -0.05) is 89.9 Å². The van der Waals surface area contributed by atoms with Crippen LogP contribution in [-0.2, 0) is 32.6 Å². The fourth-order valence-electron chi connectivity index (χ4n) is 4.52. The quantitative estimate of drug-likeness (QED) is 0.211. The van der Waals surface area contributed by atoms with E-state index in [1.54, 1.807) is 25.1 Å². The first kappa shape index (κ1) is 31.1. The average Bonchev–Trinajstić information content (AvgIpc) is 2.99. The monoisotopic (exact) mass is 623 g/mol. The van der Waals surface area contributed by atoms with Crippen LogP contribution in [0.5, 0.6) is 0 Å². The molecular formula is C32H31Cl2N3O4S. The number of benzene rings is 4. The summed E-state index contributed by atoms with van der Waals surface area (Å²) in [6.07, 6.45) is 0.242. The number of likely N-dealkylation sites (N-methyl/N-ethyl adjacent to an activating group) is 1. The summed E-state index contributed by atoms with van der Waals surface area (Å²) in [5, 5.41) is 3.53. The van der Waals surface area contributed by atoms with Crippen LogP contribution in [0.4, 0.5) is 5.69 Å². The fraction of sp³-hybridized carbons (Fsp3) is 0.188. The van der Waals surface area contributed by atoms with E-state index in [4.69, 9.17) is 23.2 Å². The maximum absolute atomic E-state index is 14.3. The third kappa shape index (κ3) is 7.91. The standard InChI is InChI=1S/C32H31Cl2N3O4S/c1-2-35-32(39)30(20-24-10-5-3-6-11-24)36(22-25-12-7-4-8-13-25)31(38)23-37(28-15-9-14-27(34)21-28)42(40,41)29-18-16-26(33)17-19-29/h3-19,21,30H,2,20,22-23H2,1H3,(H,35,39). The molecule has 0 aliphatic heterocycles. The maximum atomic E-state index is 14.3. The Morgan fingerprint density at radius 2 is 1.40 bits per heavy atom. The van der Waals surface area contributed by atoms with Crippen molar-refractivity contribution in [1.29, 1.82) is 0 Å². The molecule has 0 bridgehead atoms. The molecule has 4 aromatic rings. The van der Waals surface area contributed by atoms with Gasteiger partial charge in [0.05, 0.1) is 10.6 Å². The SMILES string of the molecule is CCNC(=O)C(Cc1ccccc1)N(Cc1ccccc1)C(=O)CN(c1cccc(Cl)c1)S(=O)(=O)c1ccc(Cl)cc1. The zero-order chi connectivity index (χ0) is 30.1. The molecule has 2 amide bonds. The number of nitrogens with one attached hydrogen (secondary N) is 1. The van der Waals surface area contributed by atoms with Crippen LogP contribution in [0, 0.1) is 0 Å². The molecule has 1 N–H and O–H groups in total. The topological polar surface area (TPSA) is 86.8 Å². The molecule has 0 radical (unpaired) electrons. The summed E-state index contributed by atoms with van der Waals surface area (Å²) >= 11 is 12.3. The number of hydrogen-bond donors (Lipinski definition) is 1. The number of nitrogens with zero attached hydrogens (tertiary/aromatic N) is 2. The zero-order valence-electron chi connectivity index (χ0n) is 23.0. The molecule has 0 spiro atoms. The van der Waals surface area contributed by atoms with Crippen molar-refractivity contribution >= 4 is 50.7 Å². The summed E-state index contributed by atoms with van der Waals surface area (Å²) in [5.74, 6) is -0.885. The van der Waals surface area contributed by atoms with E-state index >= 15 is 0 Å². The minimum Gasteiger partial charge on any atom is -0.355 e. The molecule has 10 heteroatoms. The zero-order valence-corrected chi connectivity index (χ0v) is 25.3. The highest BCUT2D eigenvalue weighted by atomic mass is 35.5. The molecule has 0 saturated carbocycles. The molecule has 218 valence electrons. The molecule has 7 nitrogen and oxygen atoms in total. The van der Waals surface area contributed by atoms with Crippen molar-refractivity contribution in [3.8, 4) is 0 Å². The third-order valence-electron chi connectivity index (χ3n) is 6.59. The third-order valence-corrected chi connectivity index (χ3v) is 8.87. The number of amides is 2. The Labute approximate surface area is 256 Å². The average molecular weight is 625 g/mol. The lowest BCUT2D eigenvalue weighted by molar-refractivity contribution is -0.140. The highest BCUT2D eigenvalue weighted by Gasteiger charge is 2.34. The number of hydrogen-bond acceptors (Lipinski definition) is 4. The number of carbonyl (C=O) groups is 2. The minimum absolute atomic E-state index is 0.0427. The van der Waals surface area contributed by atoms with Crippen LogP contribution in [0.15, 0.2) is 114 Å². The van der Waals surface area contributed by atoms with Gasteiger partial charge in [0, 0.05) is 29.6 Å². The van der Waals surface area contributed by atoms with E-state index in [-0.39, 0.29) is 29.5 Å². The van der Waals surface area contributed by atoms with E-state index in [0.29, 0.717) is 16.6 Å². The molecule has 42 heavy (non-hydrogen) atoms. The van der Waals surface area contributed by atoms with Crippen molar-refractivity contribution < 1.29 is 18.0 Å². The van der Waals surface area contributed by atoms with Crippen LogP contribution in [0.2, 0.25) is 10.0 Å². The fourth-order valence-corrected chi connectivity index (χ4v) is 6.24. The number of halogens is 2. The van der Waals surface area contributed by atoms with Crippen molar-refractivity contribution in [2.45, 2.75) is 30.8 Å². The Morgan fingerprint density at radius 1 is 0.786 bits per heavy atom. The van der Waals surface area contributed by atoms with Crippen molar-refractivity contribution in [2.75, 3.05) is 17.4 Å². The Bertz CT molecular complexity index is 1600. The first-order valence-electron chi connectivity index (χ1n) is 13.4. The Hall–Kier alpha value is -3.85. The van der Waals surface area contributed by atoms with E-state index in [2.05, 4.69) is 5.32 Å². The van der Waals surface area contributed by atoms with Crippen molar-refractivity contribution in [2.24, 2.45) is 0 Å². The van der Waals surface area contributed by atoms with Crippen LogP contribution < -0.4 is 9.62 Å². The van der Waals surface area contributed by atoms with Crippen molar-refractivity contribution in [1.82, 2.24) is 10.2 Å². The van der Waals surface area contributed by atoms with Crippen LogP contribution in [0.1, 0.15) is 18.1 Å². The van der Waals surface area contributed by atoms with Crippen LogP contribution in [-0.4, -0.2) is 44.3 Å². The molecule has 4 aromatic carbocycles. The molecule has 0 heterocycles. The van der Waals surface area contributed by atoms with Gasteiger partial charge in [-0.2, -0.15) is 0 Å². The van der Waals surface area contributed by atoms with E-state index in [1.165, 1.54) is 35.2 Å². The van der Waals surface area contributed by atoms with E-state index in [0.717, 1.165) is 15.4 Å². The summed E-state index contributed by atoms with van der Waals surface area (Å²) in [5.41, 5.74) is 1.87. The van der Waals surface area contributed by atoms with Crippen LogP contribution in [0.3, 0.4) is 0 Å². The van der Waals surface area contributed by atoms with Crippen LogP contribution in [0.25, 0.3) is 0 Å². The van der Waals surface area contributed by atoms with Gasteiger partial charge in [-0.25, -0.2) is 8.42 Å². The van der Waals surface area contributed by atoms with E-state index in [1.807, 2.05) is 60.7 Å². The maximum Gasteiger partial charge on any atom is 0.264 e. The van der Waals surface area contributed by atoms with Gasteiger partial charge in [0.2, 0.25) is 11.8 Å². The highest BCUT2D eigenvalue weighted by molar-refractivity contribution is 7.92. The van der Waals surface area contributed by atoms with Gasteiger partial charge in [0.15, 0.2) is 0 Å². The van der Waals surface area contributed by atoms with Gasteiger partial charge in [-0.05, 0) is 60.5 Å². The Kier molecular flexibility index (Phi) is 10.6. The Morgan fingerprint density at radius 3 is 2.00 bits per heavy atom. The molecule has 4 rings (SSSR count). The first-order valence-corrected chi connectivity index (χ1v) is 15.6. The summed E-state index contributed by atoms with van der Waals surface area (Å²) in [7, 11) is -4.24. The number of carbonyl (C=O) groups excluding carboxylic acids is 2. The van der Waals surface area contributed by atoms with Crippen LogP contribution >= 0.6 is 23.2 Å². The Balaban J connectivity index is 1.78. The molecular weight excluding hydrogens is 593 g/mol. The molecule has 0 aliphatic carbocycles. The smallest absolute Gasteiger partial charge is 0.264 e. The van der Waals surface area contributed by atoms with Crippen molar-refractivity contribution in [3.05, 3.63) is 130 Å². The molecule has 0 aromatic heterocycles. The normalized spacial score (nSPS) is 11.9.